The largest absolute Gasteiger partial charge is 0.456 e. The molecular weight excluding hydrogens is 679 g/mol. The van der Waals surface area contributed by atoms with E-state index >= 15 is 0 Å². The third kappa shape index (κ3) is 5.34. The average molecular weight is 718 g/mol. The normalized spacial score (nSPS) is 12.6. The van der Waals surface area contributed by atoms with Crippen LogP contribution in [0.25, 0.3) is 87.6 Å². The van der Waals surface area contributed by atoms with Crippen molar-refractivity contribution in [3.05, 3.63) is 212 Å². The molecule has 0 saturated heterocycles. The summed E-state index contributed by atoms with van der Waals surface area (Å²) in [5.74, 6) is 0. The molecule has 1 aromatic heterocycles. The van der Waals surface area contributed by atoms with Gasteiger partial charge < -0.3 is 9.32 Å². The highest BCUT2D eigenvalue weighted by Crippen LogP contribution is 2.44. The number of para-hydroxylation sites is 1. The molecule has 0 spiro atoms. The van der Waals surface area contributed by atoms with Gasteiger partial charge in [-0.25, -0.2) is 0 Å². The van der Waals surface area contributed by atoms with Gasteiger partial charge in [0.15, 0.2) is 0 Å². The fourth-order valence-electron chi connectivity index (χ4n) is 8.26. The van der Waals surface area contributed by atoms with E-state index in [1.165, 1.54) is 27.1 Å². The van der Waals surface area contributed by atoms with E-state index in [0.29, 0.717) is 22.5 Å². The highest BCUT2D eigenvalue weighted by molar-refractivity contribution is 6.14. The second-order valence-electron chi connectivity index (χ2n) is 14.1. The van der Waals surface area contributed by atoms with E-state index in [4.69, 9.17) is 4.42 Å². The minimum absolute atomic E-state index is 0.104. The molecule has 0 aliphatic heterocycles. The molecule has 0 amide bonds. The van der Waals surface area contributed by atoms with Crippen LogP contribution in [0.5, 0.6) is 0 Å². The molecule has 11 aromatic rings. The van der Waals surface area contributed by atoms with Crippen molar-refractivity contribution in [2.24, 2.45) is 0 Å². The Bertz CT molecular complexity index is 3450. The molecule has 10 aromatic carbocycles. The number of hydrogen-bond acceptors (Lipinski definition) is 2. The highest BCUT2D eigenvalue weighted by atomic mass is 16.3. The van der Waals surface area contributed by atoms with Gasteiger partial charge >= 0.3 is 0 Å². The van der Waals surface area contributed by atoms with E-state index in [1.54, 1.807) is 0 Å². The highest BCUT2D eigenvalue weighted by Gasteiger charge is 2.20. The molecule has 11 rings (SSSR count). The lowest BCUT2D eigenvalue weighted by Gasteiger charge is -2.26. The van der Waals surface area contributed by atoms with Crippen LogP contribution in [-0.2, 0) is 0 Å². The summed E-state index contributed by atoms with van der Waals surface area (Å²) in [5.41, 5.74) is 8.24. The van der Waals surface area contributed by atoms with Gasteiger partial charge in [-0.1, -0.05) is 170 Å². The van der Waals surface area contributed by atoms with Crippen LogP contribution in [0, 0.1) is 0 Å². The summed E-state index contributed by atoms with van der Waals surface area (Å²) >= 11 is 0. The van der Waals surface area contributed by atoms with Crippen molar-refractivity contribution >= 4 is 71.3 Å². The molecule has 56 heavy (non-hydrogen) atoms. The molecule has 262 valence electrons. The predicted octanol–water partition coefficient (Wildman–Crippen LogP) is 15.5. The van der Waals surface area contributed by atoms with Crippen LogP contribution in [0.1, 0.15) is 5.48 Å². The van der Waals surface area contributed by atoms with Gasteiger partial charge in [-0.15, -0.1) is 0 Å². The van der Waals surface area contributed by atoms with Gasteiger partial charge in [-0.3, -0.25) is 0 Å². The Morgan fingerprint density at radius 2 is 0.893 bits per heavy atom. The van der Waals surface area contributed by atoms with Gasteiger partial charge in [-0.2, -0.15) is 0 Å². The third-order valence-electron chi connectivity index (χ3n) is 11.0. The molecule has 0 unspecified atom stereocenters. The SMILES string of the molecule is [2H]c1c([2H])c(N(c2ccc(-c3ccc(-c4cccc5c4ccc4ccccc45)cc3)cc2)c2cccc3oc4ccccc4c23)c([2H])c([2H])c1-c1cccc2ccccc12. The third-order valence-corrected chi connectivity index (χ3v) is 11.0. The van der Waals surface area contributed by atoms with Gasteiger partial charge in [0, 0.05) is 16.8 Å². The summed E-state index contributed by atoms with van der Waals surface area (Å²) in [6.45, 7) is 0. The second-order valence-corrected chi connectivity index (χ2v) is 14.1. The Morgan fingerprint density at radius 1 is 0.339 bits per heavy atom. The smallest absolute Gasteiger partial charge is 0.137 e. The summed E-state index contributed by atoms with van der Waals surface area (Å²) in [6, 6.07) is 62.9. The van der Waals surface area contributed by atoms with Gasteiger partial charge in [0.05, 0.1) is 16.6 Å². The summed E-state index contributed by atoms with van der Waals surface area (Å²) in [4.78, 5) is 1.86. The molecule has 1 heterocycles. The van der Waals surface area contributed by atoms with E-state index in [1.807, 2.05) is 102 Å². The van der Waals surface area contributed by atoms with Crippen molar-refractivity contribution in [1.29, 1.82) is 0 Å². The molecule has 0 bridgehead atoms. The summed E-state index contributed by atoms with van der Waals surface area (Å²) in [6.07, 6.45) is 0. The van der Waals surface area contributed by atoms with Crippen LogP contribution in [0.2, 0.25) is 0 Å². The van der Waals surface area contributed by atoms with Crippen molar-refractivity contribution in [3.8, 4) is 33.4 Å². The monoisotopic (exact) mass is 717 g/mol. The Hall–Kier alpha value is -7.42. The standard InChI is InChI=1S/C54H35NO/c1-3-13-44-38(10-1)12-7-16-45(44)41-28-33-43(34-29-41)55(51-19-9-21-53-54(51)50-15-5-6-20-52(50)56-53)42-31-26-37(27-32-42)36-22-24-40(25-23-36)47-17-8-18-48-46-14-4-2-11-39(46)30-35-49(47)48/h1-35H/i28D,29D,33D,34D. The topological polar surface area (TPSA) is 16.4 Å². The zero-order valence-corrected chi connectivity index (χ0v) is 30.3. The van der Waals surface area contributed by atoms with Gasteiger partial charge in [0.25, 0.3) is 0 Å². The molecule has 0 aliphatic rings. The summed E-state index contributed by atoms with van der Waals surface area (Å²) < 4.78 is 44.4. The maximum atomic E-state index is 9.60. The fraction of sp³-hybridized carbons (Fsp3) is 0. The molecule has 0 fully saturated rings. The summed E-state index contributed by atoms with van der Waals surface area (Å²) in [5, 5.41) is 8.48. The van der Waals surface area contributed by atoms with Crippen molar-refractivity contribution < 1.29 is 9.90 Å². The predicted molar refractivity (Wildman–Crippen MR) is 237 cm³/mol. The number of nitrogens with zero attached hydrogens (tertiary/aromatic N) is 1. The zero-order valence-electron chi connectivity index (χ0n) is 34.3. The van der Waals surface area contributed by atoms with E-state index in [9.17, 15) is 5.48 Å². The van der Waals surface area contributed by atoms with Crippen LogP contribution in [0.3, 0.4) is 0 Å². The second kappa shape index (κ2) is 13.2. The van der Waals surface area contributed by atoms with Crippen LogP contribution < -0.4 is 4.90 Å². The minimum Gasteiger partial charge on any atom is -0.456 e. The Kier molecular flexibility index (Phi) is 6.60. The van der Waals surface area contributed by atoms with E-state index in [-0.39, 0.29) is 35.4 Å². The average Bonchev–Trinajstić information content (AvgIpc) is 3.69. The zero-order chi connectivity index (χ0) is 40.5. The fourth-order valence-corrected chi connectivity index (χ4v) is 8.26. The lowest BCUT2D eigenvalue weighted by atomic mass is 9.93. The van der Waals surface area contributed by atoms with Crippen molar-refractivity contribution in [2.45, 2.75) is 0 Å². The van der Waals surface area contributed by atoms with E-state index in [2.05, 4.69) is 91.0 Å². The maximum absolute atomic E-state index is 9.60. The molecular formula is C54H35NO. The lowest BCUT2D eigenvalue weighted by molar-refractivity contribution is 0.669. The first kappa shape index (κ1) is 28.1. The number of fused-ring (bicyclic) bond motifs is 7. The first-order valence-corrected chi connectivity index (χ1v) is 18.8. The van der Waals surface area contributed by atoms with Gasteiger partial charge in [-0.05, 0) is 108 Å². The maximum Gasteiger partial charge on any atom is 0.137 e. The molecule has 0 aliphatic carbocycles. The molecule has 0 atom stereocenters. The van der Waals surface area contributed by atoms with Crippen LogP contribution in [0.15, 0.2) is 217 Å². The molecule has 0 saturated carbocycles. The molecule has 2 heteroatoms. The van der Waals surface area contributed by atoms with Gasteiger partial charge in [0.2, 0.25) is 0 Å². The Balaban J connectivity index is 1.04. The molecule has 0 radical (unpaired) electrons. The number of furan rings is 1. The van der Waals surface area contributed by atoms with Crippen molar-refractivity contribution in [2.75, 3.05) is 4.90 Å². The van der Waals surface area contributed by atoms with Crippen molar-refractivity contribution in [3.63, 3.8) is 0 Å². The number of benzene rings is 10. The molecule has 2 nitrogen and oxygen atoms in total. The Morgan fingerprint density at radius 3 is 1.68 bits per heavy atom. The van der Waals surface area contributed by atoms with E-state index < -0.39 is 0 Å². The molecule has 0 N–H and O–H groups in total. The first-order valence-electron chi connectivity index (χ1n) is 20.8. The number of rotatable bonds is 6. The minimum atomic E-state index is -0.134. The lowest BCUT2D eigenvalue weighted by Crippen LogP contribution is -2.10. The Labute approximate surface area is 330 Å². The van der Waals surface area contributed by atoms with Gasteiger partial charge in [0.1, 0.15) is 11.2 Å². The number of hydrogen-bond donors (Lipinski definition) is 0. The first-order chi connectivity index (χ1) is 29.4. The quantitative estimate of drug-likeness (QED) is 0.159. The van der Waals surface area contributed by atoms with Crippen molar-refractivity contribution in [1.82, 2.24) is 0 Å². The van der Waals surface area contributed by atoms with Crippen LogP contribution in [0.4, 0.5) is 17.1 Å². The summed E-state index contributed by atoms with van der Waals surface area (Å²) in [7, 11) is 0. The van der Waals surface area contributed by atoms with Crippen LogP contribution >= 0.6 is 0 Å². The van der Waals surface area contributed by atoms with Crippen LogP contribution in [-0.4, -0.2) is 0 Å². The van der Waals surface area contributed by atoms with E-state index in [0.717, 1.165) is 43.8 Å². The number of anilines is 3.